The van der Waals surface area contributed by atoms with E-state index in [0.717, 1.165) is 11.4 Å². The number of rotatable bonds is 14. The summed E-state index contributed by atoms with van der Waals surface area (Å²) in [5, 5.41) is 23.3. The third-order valence-corrected chi connectivity index (χ3v) is 10.8. The summed E-state index contributed by atoms with van der Waals surface area (Å²) in [6.07, 6.45) is -5.53. The lowest BCUT2D eigenvalue weighted by Crippen LogP contribution is -2.39. The topological polar surface area (TPSA) is 147 Å². The van der Waals surface area contributed by atoms with Gasteiger partial charge in [0, 0.05) is 58.0 Å². The van der Waals surface area contributed by atoms with E-state index in [4.69, 9.17) is 43.6 Å². The van der Waals surface area contributed by atoms with E-state index >= 15 is 0 Å². The van der Waals surface area contributed by atoms with Crippen LogP contribution in [-0.4, -0.2) is 120 Å². The molecule has 4 rings (SSSR count). The van der Waals surface area contributed by atoms with Gasteiger partial charge in [-0.3, -0.25) is 13.8 Å². The van der Waals surface area contributed by atoms with Crippen molar-refractivity contribution in [2.75, 3.05) is 32.8 Å². The average molecular weight is 617 g/mol. The first-order valence-corrected chi connectivity index (χ1v) is 16.3. The Morgan fingerprint density at radius 2 is 1.83 bits per heavy atom. The molecule has 0 saturated carbocycles. The van der Waals surface area contributed by atoms with Crippen LogP contribution in [-0.2, 0) is 45.4 Å². The van der Waals surface area contributed by atoms with Gasteiger partial charge in [0.15, 0.2) is 0 Å². The second kappa shape index (κ2) is 14.9. The highest BCUT2D eigenvalue weighted by atomic mass is 32.7. The maximum atomic E-state index is 14.2. The molecule has 0 aliphatic carbocycles. The van der Waals surface area contributed by atoms with Gasteiger partial charge in [0.1, 0.15) is 50.3 Å². The van der Waals surface area contributed by atoms with Gasteiger partial charge >= 0.3 is 6.80 Å². The summed E-state index contributed by atoms with van der Waals surface area (Å²) in [5.74, 6) is 0.401. The fourth-order valence-corrected chi connectivity index (χ4v) is 8.21. The lowest BCUT2D eigenvalue weighted by atomic mass is 9.50. The molecule has 0 bridgehead atoms. The largest absolute Gasteiger partial charge is 0.394 e. The zero-order valence-electron chi connectivity index (χ0n) is 23.5. The number of aliphatic hydroxyl groups is 2. The number of benzene rings is 1. The molecule has 2 aromatic rings. The van der Waals surface area contributed by atoms with Gasteiger partial charge in [-0.25, -0.2) is 4.57 Å². The lowest BCUT2D eigenvalue weighted by Gasteiger charge is -2.28. The molecule has 2 fully saturated rings. The number of aromatic nitrogens is 1. The standard InChI is InChI=1S/C25H33B3N2O10PS/c1-30-15(9-10-18(30)29-25(33)14-7-5-4-6-8-14)13-42-41(34,37-12-17-19(32)21(35-2)23(26)38-17)40-20-16(11-31)39-24(28-27)22(20)36-3/h4-10,16-17,19-24,31-32H,11-13H2,1-3H3,(H,29,33)/t16-,17-,19+,20+,21?,22?,23-,24-,41?/m1/s1. The van der Waals surface area contributed by atoms with Crippen LogP contribution in [0.3, 0.4) is 0 Å². The fourth-order valence-electron chi connectivity index (χ4n) is 4.79. The van der Waals surface area contributed by atoms with Crippen molar-refractivity contribution in [2.24, 2.45) is 7.05 Å². The molecule has 3 heterocycles. The van der Waals surface area contributed by atoms with E-state index in [-0.39, 0.29) is 18.3 Å². The van der Waals surface area contributed by atoms with Gasteiger partial charge in [-0.05, 0) is 35.6 Å². The highest BCUT2D eigenvalue weighted by Crippen LogP contribution is 2.63. The minimum absolute atomic E-state index is 0.144. The number of nitrogens with one attached hydrogen (secondary N) is 1. The molecular weight excluding hydrogens is 584 g/mol. The Balaban J connectivity index is 1.50. The molecule has 5 radical (unpaired) electrons. The van der Waals surface area contributed by atoms with Crippen LogP contribution >= 0.6 is 18.2 Å². The summed E-state index contributed by atoms with van der Waals surface area (Å²) in [5.41, 5.74) is 1.21. The number of carbonyl (C=O) groups is 1. The van der Waals surface area contributed by atoms with Crippen molar-refractivity contribution in [1.82, 2.24) is 4.57 Å². The summed E-state index contributed by atoms with van der Waals surface area (Å²) in [6, 6.07) is 10.7. The molecule has 1 aromatic carbocycles. The van der Waals surface area contributed by atoms with Crippen LogP contribution in [0.2, 0.25) is 0 Å². The molecule has 3 N–H and O–H groups in total. The van der Waals surface area contributed by atoms with Gasteiger partial charge in [0.05, 0.1) is 20.4 Å². The van der Waals surface area contributed by atoms with Crippen LogP contribution in [0, 0.1) is 0 Å². The Morgan fingerprint density at radius 3 is 2.45 bits per heavy atom. The number of amides is 1. The molecule has 12 nitrogen and oxygen atoms in total. The van der Waals surface area contributed by atoms with Crippen molar-refractivity contribution in [1.29, 1.82) is 0 Å². The predicted octanol–water partition coefficient (Wildman–Crippen LogP) is 0.810. The summed E-state index contributed by atoms with van der Waals surface area (Å²) in [4.78, 5) is 12.6. The van der Waals surface area contributed by atoms with Crippen molar-refractivity contribution in [3.05, 3.63) is 53.7 Å². The van der Waals surface area contributed by atoms with Gasteiger partial charge in [-0.1, -0.05) is 18.2 Å². The smallest absolute Gasteiger partial charge is 0.390 e. The molecule has 1 amide bonds. The van der Waals surface area contributed by atoms with Crippen molar-refractivity contribution in [3.8, 4) is 0 Å². The molecule has 17 heteroatoms. The van der Waals surface area contributed by atoms with Crippen molar-refractivity contribution in [3.63, 3.8) is 0 Å². The SMILES string of the molecule is [B][B][C@@H]1O[C@H](CO)[C@H](OP(=O)(OC[C@H]2O[C@@H]([B])C(OC)[C@H]2O)SCc2ccc(NC(=O)c3ccccc3)n2C)C1OC. The Bertz CT molecular complexity index is 1230. The molecule has 42 heavy (non-hydrogen) atoms. The van der Waals surface area contributed by atoms with E-state index in [1.54, 1.807) is 48.0 Å². The number of methoxy groups -OCH3 is 2. The second-order valence-corrected chi connectivity index (χ2v) is 13.7. The van der Waals surface area contributed by atoms with Crippen LogP contribution in [0.1, 0.15) is 16.1 Å². The fraction of sp³-hybridized carbons (Fsp3) is 0.560. The van der Waals surface area contributed by atoms with Gasteiger partial charge in [0.2, 0.25) is 0 Å². The Hall–Kier alpha value is -1.58. The minimum atomic E-state index is -4.07. The Morgan fingerprint density at radius 1 is 1.12 bits per heavy atom. The molecular formula is C25H33B3N2O10PS. The lowest BCUT2D eigenvalue weighted by molar-refractivity contribution is -0.0242. The van der Waals surface area contributed by atoms with Crippen molar-refractivity contribution >= 4 is 52.7 Å². The Kier molecular flexibility index (Phi) is 11.9. The normalized spacial score (nSPS) is 30.7. The van der Waals surface area contributed by atoms with Crippen LogP contribution in [0.4, 0.5) is 5.82 Å². The van der Waals surface area contributed by atoms with E-state index in [1.807, 2.05) is 6.07 Å². The van der Waals surface area contributed by atoms with Crippen LogP contribution in [0.15, 0.2) is 42.5 Å². The van der Waals surface area contributed by atoms with E-state index < -0.39 is 62.0 Å². The van der Waals surface area contributed by atoms with Gasteiger partial charge in [0.25, 0.3) is 5.91 Å². The van der Waals surface area contributed by atoms with E-state index in [1.165, 1.54) is 21.4 Å². The summed E-state index contributed by atoms with van der Waals surface area (Å²) < 4.78 is 49.8. The zero-order valence-corrected chi connectivity index (χ0v) is 25.2. The first-order valence-electron chi connectivity index (χ1n) is 13.2. The Labute approximate surface area is 252 Å². The molecule has 9 atom stereocenters. The van der Waals surface area contributed by atoms with Gasteiger partial charge in [-0.15, -0.1) is 0 Å². The third-order valence-electron chi connectivity index (χ3n) is 7.15. The molecule has 2 saturated heterocycles. The number of hydrogen-bond acceptors (Lipinski definition) is 11. The number of nitrogens with zero attached hydrogens (tertiary/aromatic N) is 1. The van der Waals surface area contributed by atoms with Crippen LogP contribution in [0.25, 0.3) is 0 Å². The number of carbonyl (C=O) groups excluding carboxylic acids is 1. The van der Waals surface area contributed by atoms with E-state index in [2.05, 4.69) is 5.32 Å². The quantitative estimate of drug-likeness (QED) is 0.205. The second-order valence-electron chi connectivity index (χ2n) is 9.72. The third kappa shape index (κ3) is 7.55. The van der Waals surface area contributed by atoms with E-state index in [0.29, 0.717) is 17.1 Å². The number of aliphatic hydroxyl groups excluding tert-OH is 2. The molecule has 2 aliphatic heterocycles. The molecule has 3 unspecified atom stereocenters. The van der Waals surface area contributed by atoms with Crippen LogP contribution in [0.5, 0.6) is 0 Å². The number of ether oxygens (including phenoxy) is 4. The summed E-state index contributed by atoms with van der Waals surface area (Å²) in [7, 11) is 17.4. The van der Waals surface area contributed by atoms with Crippen LogP contribution < -0.4 is 5.32 Å². The monoisotopic (exact) mass is 617 g/mol. The molecule has 223 valence electrons. The predicted molar refractivity (Wildman–Crippen MR) is 159 cm³/mol. The summed E-state index contributed by atoms with van der Waals surface area (Å²) >= 11 is 0.876. The van der Waals surface area contributed by atoms with Gasteiger partial charge < -0.3 is 39.0 Å². The average Bonchev–Trinajstić information content (AvgIpc) is 3.62. The summed E-state index contributed by atoms with van der Waals surface area (Å²) in [6.45, 7) is -4.84. The maximum absolute atomic E-state index is 14.2. The van der Waals surface area contributed by atoms with Gasteiger partial charge in [-0.2, -0.15) is 0 Å². The highest BCUT2D eigenvalue weighted by molar-refractivity contribution is 8.54. The zero-order chi connectivity index (χ0) is 30.4. The highest BCUT2D eigenvalue weighted by Gasteiger charge is 2.49. The maximum Gasteiger partial charge on any atom is 0.390 e. The first-order chi connectivity index (χ1) is 20.1. The van der Waals surface area contributed by atoms with E-state index in [9.17, 15) is 19.6 Å². The molecule has 2 aliphatic rings. The number of hydrogen-bond donors (Lipinski definition) is 3. The minimum Gasteiger partial charge on any atom is -0.394 e. The molecule has 1 aromatic heterocycles. The van der Waals surface area contributed by atoms with Crippen molar-refractivity contribution in [2.45, 2.75) is 54.4 Å². The van der Waals surface area contributed by atoms with Crippen molar-refractivity contribution < 1.29 is 47.6 Å². The number of anilines is 1. The first kappa shape index (κ1) is 33.3. The molecule has 0 spiro atoms.